The molecular weight excluding hydrogens is 402 g/mol. The van der Waals surface area contributed by atoms with E-state index in [1.807, 2.05) is 60.7 Å². The van der Waals surface area contributed by atoms with Gasteiger partial charge in [-0.05, 0) is 35.3 Å². The van der Waals surface area contributed by atoms with Crippen LogP contribution in [0, 0.1) is 0 Å². The smallest absolute Gasteiger partial charge is 0.216 e. The van der Waals surface area contributed by atoms with Crippen LogP contribution in [-0.2, 0) is 21.9 Å². The fraction of sp³-hybridized carbons (Fsp3) is 0.190. The Hall–Kier alpha value is -3.30. The van der Waals surface area contributed by atoms with Gasteiger partial charge < -0.3 is 4.74 Å². The van der Waals surface area contributed by atoms with Crippen molar-refractivity contribution >= 4 is 15.6 Å². The maximum Gasteiger partial charge on any atom is 0.216 e. The zero-order chi connectivity index (χ0) is 21.2. The lowest BCUT2D eigenvalue weighted by Crippen LogP contribution is -2.50. The Morgan fingerprint density at radius 1 is 1.13 bits per heavy atom. The molecule has 9 heteroatoms. The highest BCUT2D eigenvalue weighted by atomic mass is 32.2. The molecule has 0 bridgehead atoms. The van der Waals surface area contributed by atoms with Crippen molar-refractivity contribution in [2.75, 3.05) is 7.11 Å². The van der Waals surface area contributed by atoms with Crippen LogP contribution in [-0.4, -0.2) is 41.4 Å². The van der Waals surface area contributed by atoms with Gasteiger partial charge in [-0.15, -0.1) is 10.2 Å². The van der Waals surface area contributed by atoms with E-state index in [9.17, 15) is 8.42 Å². The van der Waals surface area contributed by atoms with Gasteiger partial charge in [0.2, 0.25) is 10.0 Å². The Morgan fingerprint density at radius 2 is 1.87 bits per heavy atom. The van der Waals surface area contributed by atoms with Gasteiger partial charge in [0.15, 0.2) is 5.82 Å². The Kier molecular flexibility index (Phi) is 5.23. The van der Waals surface area contributed by atoms with Crippen LogP contribution in [0.4, 0.5) is 0 Å². The molecule has 1 aliphatic carbocycles. The second-order valence-electron chi connectivity index (χ2n) is 7.07. The van der Waals surface area contributed by atoms with Crippen LogP contribution in [0.25, 0.3) is 5.57 Å². The van der Waals surface area contributed by atoms with Crippen molar-refractivity contribution in [2.24, 2.45) is 5.14 Å². The highest BCUT2D eigenvalue weighted by molar-refractivity contribution is 7.90. The summed E-state index contributed by atoms with van der Waals surface area (Å²) >= 11 is 0. The summed E-state index contributed by atoms with van der Waals surface area (Å²) in [5.41, 5.74) is 1.31. The number of nitrogens with one attached hydrogen (secondary N) is 1. The molecular formula is C21H21N5O3S. The second-order valence-corrected chi connectivity index (χ2v) is 8.76. The molecule has 0 spiro atoms. The van der Waals surface area contributed by atoms with Gasteiger partial charge in [0.25, 0.3) is 0 Å². The predicted molar refractivity (Wildman–Crippen MR) is 113 cm³/mol. The van der Waals surface area contributed by atoms with E-state index in [2.05, 4.69) is 20.6 Å². The number of ether oxygens (including phenoxy) is 1. The molecule has 2 unspecified atom stereocenters. The lowest BCUT2D eigenvalue weighted by atomic mass is 9.67. The molecule has 3 aromatic rings. The minimum absolute atomic E-state index is 0.261. The van der Waals surface area contributed by atoms with E-state index >= 15 is 0 Å². The fourth-order valence-electron chi connectivity index (χ4n) is 4.02. The number of primary sulfonamides is 1. The number of benzene rings is 2. The molecule has 0 amide bonds. The monoisotopic (exact) mass is 423 g/mol. The van der Waals surface area contributed by atoms with Gasteiger partial charge in [0, 0.05) is 0 Å². The van der Waals surface area contributed by atoms with Gasteiger partial charge >= 0.3 is 0 Å². The lowest BCUT2D eigenvalue weighted by Gasteiger charge is -2.40. The number of aromatic nitrogens is 4. The molecule has 2 atom stereocenters. The van der Waals surface area contributed by atoms with Crippen LogP contribution >= 0.6 is 0 Å². The minimum Gasteiger partial charge on any atom is -0.497 e. The summed E-state index contributed by atoms with van der Waals surface area (Å²) in [6.45, 7) is 0. The number of tetrazole rings is 1. The molecule has 0 fully saturated rings. The van der Waals surface area contributed by atoms with Gasteiger partial charge in [-0.3, -0.25) is 0 Å². The Morgan fingerprint density at radius 3 is 2.47 bits per heavy atom. The fourth-order valence-corrected chi connectivity index (χ4v) is 5.21. The summed E-state index contributed by atoms with van der Waals surface area (Å²) in [4.78, 5) is 0. The van der Waals surface area contributed by atoms with Gasteiger partial charge in [0.05, 0.1) is 12.5 Å². The lowest BCUT2D eigenvalue weighted by molar-refractivity contribution is 0.414. The molecule has 3 N–H and O–H groups in total. The quantitative estimate of drug-likeness (QED) is 0.625. The number of hydrogen-bond donors (Lipinski definition) is 2. The van der Waals surface area contributed by atoms with E-state index in [1.165, 1.54) is 0 Å². The number of methoxy groups -OCH3 is 1. The third-order valence-electron chi connectivity index (χ3n) is 5.34. The molecule has 30 heavy (non-hydrogen) atoms. The van der Waals surface area contributed by atoms with Crippen molar-refractivity contribution in [1.82, 2.24) is 20.6 Å². The predicted octanol–water partition coefficient (Wildman–Crippen LogP) is 2.00. The maximum atomic E-state index is 12.8. The summed E-state index contributed by atoms with van der Waals surface area (Å²) in [5, 5.41) is 19.2. The molecule has 1 aromatic heterocycles. The first-order chi connectivity index (χ1) is 14.4. The van der Waals surface area contributed by atoms with Crippen molar-refractivity contribution < 1.29 is 13.2 Å². The van der Waals surface area contributed by atoms with Crippen LogP contribution in [0.1, 0.15) is 17.0 Å². The zero-order valence-electron chi connectivity index (χ0n) is 16.3. The van der Waals surface area contributed by atoms with Crippen LogP contribution in [0.15, 0.2) is 72.8 Å². The van der Waals surface area contributed by atoms with Crippen molar-refractivity contribution in [2.45, 2.75) is 17.1 Å². The van der Waals surface area contributed by atoms with Crippen molar-refractivity contribution in [3.05, 3.63) is 89.8 Å². The number of H-pyrrole nitrogens is 1. The Balaban J connectivity index is 1.96. The van der Waals surface area contributed by atoms with Crippen LogP contribution in [0.5, 0.6) is 5.75 Å². The zero-order valence-corrected chi connectivity index (χ0v) is 17.1. The molecule has 2 aromatic carbocycles. The number of sulfonamides is 1. The van der Waals surface area contributed by atoms with Crippen LogP contribution < -0.4 is 9.88 Å². The number of rotatable bonds is 6. The minimum atomic E-state index is -4.01. The normalized spacial score (nSPS) is 21.3. The average Bonchev–Trinajstić information content (AvgIpc) is 3.30. The third kappa shape index (κ3) is 3.53. The summed E-state index contributed by atoms with van der Waals surface area (Å²) in [6.07, 6.45) is 5.48. The molecule has 0 radical (unpaired) electrons. The first-order valence-corrected chi connectivity index (χ1v) is 10.9. The largest absolute Gasteiger partial charge is 0.497 e. The van der Waals surface area contributed by atoms with Crippen molar-refractivity contribution in [1.29, 1.82) is 0 Å². The maximum absolute atomic E-state index is 12.8. The van der Waals surface area contributed by atoms with E-state index in [4.69, 9.17) is 9.88 Å². The number of hydrogen-bond acceptors (Lipinski definition) is 6. The van der Waals surface area contributed by atoms with E-state index in [0.29, 0.717) is 12.2 Å². The molecule has 0 saturated heterocycles. The Bertz CT molecular complexity index is 1170. The molecule has 1 heterocycles. The van der Waals surface area contributed by atoms with Crippen molar-refractivity contribution in [3.8, 4) is 5.75 Å². The topological polar surface area (TPSA) is 124 Å². The van der Waals surface area contributed by atoms with E-state index < -0.39 is 20.7 Å². The van der Waals surface area contributed by atoms with Gasteiger partial charge in [0.1, 0.15) is 11.0 Å². The van der Waals surface area contributed by atoms with E-state index in [0.717, 1.165) is 16.7 Å². The van der Waals surface area contributed by atoms with E-state index in [-0.39, 0.29) is 5.82 Å². The van der Waals surface area contributed by atoms with Crippen LogP contribution in [0.3, 0.4) is 0 Å². The van der Waals surface area contributed by atoms with Gasteiger partial charge in [-0.2, -0.15) is 5.21 Å². The number of nitrogens with two attached hydrogens (primary N) is 1. The standard InChI is InChI=1S/C21H21N5O3S/c1-29-17-12-10-15(11-13-17)14-21(20-23-25-26-24-20)18(16-6-3-2-4-7-16)8-5-9-19(21)30(22,27)28/h2-13,19H,14H2,1H3,(H2,22,27,28)(H,23,24,25,26). The average molecular weight is 423 g/mol. The third-order valence-corrected chi connectivity index (χ3v) is 6.61. The number of nitrogens with zero attached hydrogens (tertiary/aromatic N) is 3. The van der Waals surface area contributed by atoms with Gasteiger partial charge in [-0.1, -0.05) is 65.9 Å². The molecule has 0 aliphatic heterocycles. The number of aromatic amines is 1. The molecule has 4 rings (SSSR count). The van der Waals surface area contributed by atoms with E-state index in [1.54, 1.807) is 19.3 Å². The van der Waals surface area contributed by atoms with Gasteiger partial charge in [-0.25, -0.2) is 13.6 Å². The summed E-state index contributed by atoms with van der Waals surface area (Å²) < 4.78 is 30.8. The van der Waals surface area contributed by atoms with Crippen molar-refractivity contribution in [3.63, 3.8) is 0 Å². The highest BCUT2D eigenvalue weighted by Crippen LogP contribution is 2.47. The first kappa shape index (κ1) is 20.0. The summed E-state index contributed by atoms with van der Waals surface area (Å²) in [6, 6.07) is 17.0. The first-order valence-electron chi connectivity index (χ1n) is 9.28. The molecule has 0 saturated carbocycles. The number of allylic oxidation sites excluding steroid dienone is 3. The van der Waals surface area contributed by atoms with Crippen LogP contribution in [0.2, 0.25) is 0 Å². The molecule has 154 valence electrons. The highest BCUT2D eigenvalue weighted by Gasteiger charge is 2.52. The summed E-state index contributed by atoms with van der Waals surface area (Å²) in [5.74, 6) is 0.967. The second kappa shape index (κ2) is 7.85. The molecule has 1 aliphatic rings. The summed E-state index contributed by atoms with van der Waals surface area (Å²) in [7, 11) is -2.42. The molecule has 8 nitrogen and oxygen atoms in total. The SMILES string of the molecule is COc1ccc(CC2(c3nn[nH]n3)C(c3ccccc3)=CC=CC2S(N)(=O)=O)cc1. The Labute approximate surface area is 174 Å².